The van der Waals surface area contributed by atoms with Crippen LogP contribution in [0.4, 0.5) is 24.7 Å². The van der Waals surface area contributed by atoms with Crippen LogP contribution in [0, 0.1) is 0 Å². The van der Waals surface area contributed by atoms with Crippen molar-refractivity contribution in [3.05, 3.63) is 50.8 Å². The number of alkyl halides is 3. The van der Waals surface area contributed by atoms with Crippen LogP contribution in [0.5, 0.6) is 11.5 Å². The van der Waals surface area contributed by atoms with E-state index < -0.39 is 24.2 Å². The van der Waals surface area contributed by atoms with E-state index >= 15 is 0 Å². The van der Waals surface area contributed by atoms with Gasteiger partial charge in [0.05, 0.1) is 10.5 Å². The van der Waals surface area contributed by atoms with E-state index in [0.29, 0.717) is 17.2 Å². The summed E-state index contributed by atoms with van der Waals surface area (Å²) in [5.74, 6) is 0.484. The zero-order valence-electron chi connectivity index (χ0n) is 15.6. The number of anilines is 2. The van der Waals surface area contributed by atoms with Crippen LogP contribution in [-0.4, -0.2) is 28.7 Å². The predicted molar refractivity (Wildman–Crippen MR) is 111 cm³/mol. The average Bonchev–Trinajstić information content (AvgIpc) is 3.46. The van der Waals surface area contributed by atoms with Crippen molar-refractivity contribution in [2.24, 2.45) is 0 Å². The number of ether oxygens (including phenoxy) is 2. The molecule has 1 aromatic carbocycles. The lowest BCUT2D eigenvalue weighted by Crippen LogP contribution is -2.35. The van der Waals surface area contributed by atoms with Crippen molar-refractivity contribution < 1.29 is 27.4 Å². The number of hydrogen-bond donors (Lipinski definition) is 2. The van der Waals surface area contributed by atoms with E-state index in [1.165, 1.54) is 11.3 Å². The molecule has 3 aromatic rings. The molecule has 0 bridgehead atoms. The fraction of sp³-hybridized carbons (Fsp3) is 0.263. The van der Waals surface area contributed by atoms with Gasteiger partial charge in [-0.1, -0.05) is 6.07 Å². The summed E-state index contributed by atoms with van der Waals surface area (Å²) in [4.78, 5) is 13.6. The SMILES string of the molecule is O=C(Nc1ccc2c(c1)OCO2)c1nn2c(c1Br)N[C@H](c1cccs1)C[C@H]2C(F)(F)F. The highest BCUT2D eigenvalue weighted by Gasteiger charge is 2.48. The van der Waals surface area contributed by atoms with E-state index in [4.69, 9.17) is 9.47 Å². The van der Waals surface area contributed by atoms with Gasteiger partial charge in [-0.3, -0.25) is 4.79 Å². The summed E-state index contributed by atoms with van der Waals surface area (Å²) >= 11 is 4.64. The number of nitrogens with one attached hydrogen (secondary N) is 2. The maximum absolute atomic E-state index is 13.8. The number of amides is 1. The third-order valence-corrected chi connectivity index (χ3v) is 6.76. The van der Waals surface area contributed by atoms with Crippen LogP contribution in [-0.2, 0) is 0 Å². The lowest BCUT2D eigenvalue weighted by Gasteiger charge is -2.33. The minimum absolute atomic E-state index is 0.0853. The molecule has 12 heteroatoms. The van der Waals surface area contributed by atoms with Gasteiger partial charge in [0.25, 0.3) is 5.91 Å². The molecule has 2 N–H and O–H groups in total. The van der Waals surface area contributed by atoms with E-state index in [0.717, 1.165) is 9.56 Å². The van der Waals surface area contributed by atoms with Crippen LogP contribution in [0.1, 0.15) is 33.9 Å². The topological polar surface area (TPSA) is 77.4 Å². The van der Waals surface area contributed by atoms with Gasteiger partial charge in [0.2, 0.25) is 6.79 Å². The first-order valence-electron chi connectivity index (χ1n) is 9.17. The zero-order chi connectivity index (χ0) is 21.8. The van der Waals surface area contributed by atoms with E-state index in [1.807, 2.05) is 5.38 Å². The fourth-order valence-corrected chi connectivity index (χ4v) is 4.92. The largest absolute Gasteiger partial charge is 0.454 e. The second-order valence-electron chi connectivity index (χ2n) is 6.98. The molecule has 2 aliphatic heterocycles. The summed E-state index contributed by atoms with van der Waals surface area (Å²) in [7, 11) is 0. The standard InChI is InChI=1S/C19H14BrF3N4O3S/c20-15-16(18(28)24-9-3-4-11-12(6-9)30-8-29-11)26-27-14(19(21,22)23)7-10(25-17(15)27)13-2-1-5-31-13/h1-6,10,14,25H,7-8H2,(H,24,28)/t10-,14-/m0/s1. The lowest BCUT2D eigenvalue weighted by atomic mass is 10.0. The lowest BCUT2D eigenvalue weighted by molar-refractivity contribution is -0.173. The van der Waals surface area contributed by atoms with Gasteiger partial charge in [0, 0.05) is 23.1 Å². The number of nitrogens with zero attached hydrogens (tertiary/aromatic N) is 2. The van der Waals surface area contributed by atoms with Gasteiger partial charge in [0.15, 0.2) is 23.2 Å². The molecule has 0 radical (unpaired) electrons. The summed E-state index contributed by atoms with van der Waals surface area (Å²) in [6.45, 7) is 0.0853. The van der Waals surface area contributed by atoms with Gasteiger partial charge >= 0.3 is 6.18 Å². The number of thiophene rings is 1. The van der Waals surface area contributed by atoms with E-state index in [9.17, 15) is 18.0 Å². The van der Waals surface area contributed by atoms with Crippen LogP contribution in [0.15, 0.2) is 40.2 Å². The van der Waals surface area contributed by atoms with Crippen molar-refractivity contribution in [1.29, 1.82) is 0 Å². The second kappa shape index (κ2) is 7.45. The van der Waals surface area contributed by atoms with Gasteiger partial charge < -0.3 is 20.1 Å². The van der Waals surface area contributed by atoms with Crippen LogP contribution in [0.2, 0.25) is 0 Å². The molecule has 0 fully saturated rings. The van der Waals surface area contributed by atoms with Crippen LogP contribution in [0.25, 0.3) is 0 Å². The smallest absolute Gasteiger partial charge is 0.410 e. The van der Waals surface area contributed by atoms with Crippen molar-refractivity contribution in [1.82, 2.24) is 9.78 Å². The van der Waals surface area contributed by atoms with Gasteiger partial charge in [-0.15, -0.1) is 11.3 Å². The minimum Gasteiger partial charge on any atom is -0.454 e. The Morgan fingerprint density at radius 2 is 2.10 bits per heavy atom. The second-order valence-corrected chi connectivity index (χ2v) is 8.76. The van der Waals surface area contributed by atoms with Crippen LogP contribution < -0.4 is 20.1 Å². The molecule has 4 heterocycles. The molecule has 0 saturated carbocycles. The minimum atomic E-state index is -4.52. The summed E-state index contributed by atoms with van der Waals surface area (Å²) in [5, 5.41) is 11.5. The normalized spacial score (nSPS) is 19.6. The van der Waals surface area contributed by atoms with E-state index in [1.54, 1.807) is 30.3 Å². The Morgan fingerprint density at radius 1 is 1.29 bits per heavy atom. The van der Waals surface area contributed by atoms with Gasteiger partial charge in [-0.05, 0) is 39.5 Å². The van der Waals surface area contributed by atoms with Gasteiger partial charge in [0.1, 0.15) is 5.82 Å². The monoisotopic (exact) mass is 514 g/mol. The summed E-state index contributed by atoms with van der Waals surface area (Å²) in [6.07, 6.45) is -4.75. The Morgan fingerprint density at radius 3 is 2.84 bits per heavy atom. The van der Waals surface area contributed by atoms with Crippen LogP contribution in [0.3, 0.4) is 0 Å². The molecule has 0 spiro atoms. The number of benzene rings is 1. The summed E-state index contributed by atoms with van der Waals surface area (Å²) in [5.41, 5.74) is 0.255. The number of halogens is 4. The fourth-order valence-electron chi connectivity index (χ4n) is 3.58. The molecule has 5 rings (SSSR count). The van der Waals surface area contributed by atoms with Crippen LogP contribution >= 0.6 is 27.3 Å². The zero-order valence-corrected chi connectivity index (χ0v) is 18.0. The quantitative estimate of drug-likeness (QED) is 0.492. The average molecular weight is 515 g/mol. The molecule has 31 heavy (non-hydrogen) atoms. The number of hydrogen-bond acceptors (Lipinski definition) is 6. The van der Waals surface area contributed by atoms with Crippen molar-refractivity contribution in [3.63, 3.8) is 0 Å². The number of fused-ring (bicyclic) bond motifs is 2. The summed E-state index contributed by atoms with van der Waals surface area (Å²) < 4.78 is 53.0. The van der Waals surface area contributed by atoms with Crippen molar-refractivity contribution in [2.75, 3.05) is 17.4 Å². The molecule has 0 aliphatic carbocycles. The van der Waals surface area contributed by atoms with Gasteiger partial charge in [-0.2, -0.15) is 18.3 Å². The number of carbonyl (C=O) groups is 1. The van der Waals surface area contributed by atoms with E-state index in [-0.39, 0.29) is 29.2 Å². The molecule has 2 aliphatic rings. The molecule has 162 valence electrons. The Balaban J connectivity index is 1.47. The Labute approximate surface area is 186 Å². The van der Waals surface area contributed by atoms with Crippen molar-refractivity contribution >= 4 is 44.7 Å². The first-order chi connectivity index (χ1) is 14.8. The third-order valence-electron chi connectivity index (χ3n) is 5.03. The number of aromatic nitrogens is 2. The Hall–Kier alpha value is -2.73. The summed E-state index contributed by atoms with van der Waals surface area (Å²) in [6, 6.07) is 5.99. The molecular formula is C19H14BrF3N4O3S. The number of rotatable bonds is 3. The van der Waals surface area contributed by atoms with Gasteiger partial charge in [-0.25, -0.2) is 4.68 Å². The Kier molecular flexibility index (Phi) is 4.85. The molecule has 1 amide bonds. The van der Waals surface area contributed by atoms with E-state index in [2.05, 4.69) is 31.7 Å². The maximum Gasteiger partial charge on any atom is 0.410 e. The predicted octanol–water partition coefficient (Wildman–Crippen LogP) is 5.35. The molecule has 7 nitrogen and oxygen atoms in total. The highest BCUT2D eigenvalue weighted by atomic mass is 79.9. The Bertz CT molecular complexity index is 1150. The van der Waals surface area contributed by atoms with Crippen molar-refractivity contribution in [2.45, 2.75) is 24.7 Å². The third kappa shape index (κ3) is 3.63. The number of carbonyl (C=O) groups excluding carboxylic acids is 1. The molecule has 2 aromatic heterocycles. The maximum atomic E-state index is 13.8. The molecule has 0 saturated heterocycles. The van der Waals surface area contributed by atoms with Crippen molar-refractivity contribution in [3.8, 4) is 11.5 Å². The molecule has 0 unspecified atom stereocenters. The first kappa shape index (κ1) is 20.2. The molecule has 2 atom stereocenters. The first-order valence-corrected chi connectivity index (χ1v) is 10.8. The highest BCUT2D eigenvalue weighted by Crippen LogP contribution is 2.47. The molecular weight excluding hydrogens is 501 g/mol. The highest BCUT2D eigenvalue weighted by molar-refractivity contribution is 9.10.